The van der Waals surface area contributed by atoms with Gasteiger partial charge >= 0.3 is 6.01 Å². The lowest BCUT2D eigenvalue weighted by Gasteiger charge is -2.13. The molecule has 1 aromatic heterocycles. The first-order valence-electron chi connectivity index (χ1n) is 6.25. The highest BCUT2D eigenvalue weighted by Gasteiger charge is 2.10. The topological polar surface area (TPSA) is 35.0 Å². The van der Waals surface area contributed by atoms with Gasteiger partial charge in [0.2, 0.25) is 0 Å². The Balaban J connectivity index is 2.28. The number of alkyl halides is 1. The third-order valence-corrected chi connectivity index (χ3v) is 3.14. The van der Waals surface area contributed by atoms with Crippen LogP contribution >= 0.6 is 11.6 Å². The van der Waals surface area contributed by atoms with Gasteiger partial charge in [-0.3, -0.25) is 0 Å². The average Bonchev–Trinajstić information content (AvgIpc) is 2.39. The fraction of sp³-hybridized carbons (Fsp3) is 0.333. The fourth-order valence-electron chi connectivity index (χ4n) is 1.77. The monoisotopic (exact) mass is 276 g/mol. The molecule has 0 spiro atoms. The van der Waals surface area contributed by atoms with E-state index in [1.165, 1.54) is 0 Å². The standard InChI is InChI=1S/C15H17ClN2O/c1-10(2)13-5-4-11(3)6-14(13)19-15-17-8-12(7-16)9-18-15/h4-6,8-10H,7H2,1-3H3. The van der Waals surface area contributed by atoms with Crippen LogP contribution in [-0.4, -0.2) is 9.97 Å². The smallest absolute Gasteiger partial charge is 0.321 e. The van der Waals surface area contributed by atoms with Crippen molar-refractivity contribution < 1.29 is 4.74 Å². The van der Waals surface area contributed by atoms with Crippen molar-refractivity contribution in [2.75, 3.05) is 0 Å². The Kier molecular flexibility index (Phi) is 4.38. The van der Waals surface area contributed by atoms with Gasteiger partial charge in [-0.2, -0.15) is 0 Å². The van der Waals surface area contributed by atoms with Gasteiger partial charge in [0.15, 0.2) is 0 Å². The van der Waals surface area contributed by atoms with Crippen LogP contribution in [0.15, 0.2) is 30.6 Å². The number of nitrogens with zero attached hydrogens (tertiary/aromatic N) is 2. The summed E-state index contributed by atoms with van der Waals surface area (Å²) < 4.78 is 5.79. The molecular weight excluding hydrogens is 260 g/mol. The molecule has 1 heterocycles. The number of aromatic nitrogens is 2. The number of hydrogen-bond donors (Lipinski definition) is 0. The summed E-state index contributed by atoms with van der Waals surface area (Å²) in [6.45, 7) is 6.30. The predicted molar refractivity (Wildman–Crippen MR) is 76.9 cm³/mol. The van der Waals surface area contributed by atoms with Gasteiger partial charge in [-0.15, -0.1) is 11.6 Å². The zero-order valence-corrected chi connectivity index (χ0v) is 12.1. The van der Waals surface area contributed by atoms with Gasteiger partial charge in [-0.25, -0.2) is 9.97 Å². The first-order chi connectivity index (χ1) is 9.10. The average molecular weight is 277 g/mol. The first-order valence-corrected chi connectivity index (χ1v) is 6.79. The maximum absolute atomic E-state index is 5.79. The van der Waals surface area contributed by atoms with Crippen LogP contribution in [0.1, 0.15) is 36.5 Å². The lowest BCUT2D eigenvalue weighted by molar-refractivity contribution is 0.433. The lowest BCUT2D eigenvalue weighted by atomic mass is 10.0. The highest BCUT2D eigenvalue weighted by Crippen LogP contribution is 2.30. The van der Waals surface area contributed by atoms with Gasteiger partial charge in [0.1, 0.15) is 5.75 Å². The number of halogens is 1. The Morgan fingerprint density at radius 2 is 1.89 bits per heavy atom. The Labute approximate surface area is 118 Å². The summed E-state index contributed by atoms with van der Waals surface area (Å²) >= 11 is 5.71. The summed E-state index contributed by atoms with van der Waals surface area (Å²) in [5.74, 6) is 1.61. The summed E-state index contributed by atoms with van der Waals surface area (Å²) in [5.41, 5.74) is 3.18. The number of ether oxygens (including phenoxy) is 1. The van der Waals surface area contributed by atoms with Crippen LogP contribution in [0.25, 0.3) is 0 Å². The number of benzene rings is 1. The second-order valence-electron chi connectivity index (χ2n) is 4.81. The predicted octanol–water partition coefficient (Wildman–Crippen LogP) is 4.44. The van der Waals surface area contributed by atoms with E-state index in [-0.39, 0.29) is 0 Å². The molecular formula is C15H17ClN2O. The normalized spacial score (nSPS) is 10.8. The van der Waals surface area contributed by atoms with Gasteiger partial charge in [0.25, 0.3) is 0 Å². The molecule has 0 saturated heterocycles. The van der Waals surface area contributed by atoms with Crippen molar-refractivity contribution in [2.45, 2.75) is 32.6 Å². The molecule has 0 bridgehead atoms. The van der Waals surface area contributed by atoms with Crippen LogP contribution in [0.5, 0.6) is 11.8 Å². The Hall–Kier alpha value is -1.61. The lowest BCUT2D eigenvalue weighted by Crippen LogP contribution is -1.98. The molecule has 0 fully saturated rings. The Morgan fingerprint density at radius 3 is 2.47 bits per heavy atom. The largest absolute Gasteiger partial charge is 0.424 e. The van der Waals surface area contributed by atoms with Gasteiger partial charge in [-0.1, -0.05) is 26.0 Å². The third kappa shape index (κ3) is 3.44. The summed E-state index contributed by atoms with van der Waals surface area (Å²) in [7, 11) is 0. The molecule has 0 saturated carbocycles. The third-order valence-electron chi connectivity index (χ3n) is 2.83. The molecule has 4 heteroatoms. The van der Waals surface area contributed by atoms with Crippen LogP contribution in [0, 0.1) is 6.92 Å². The minimum atomic E-state index is 0.348. The van der Waals surface area contributed by atoms with Crippen LogP contribution in [-0.2, 0) is 5.88 Å². The molecule has 0 aliphatic carbocycles. The zero-order valence-electron chi connectivity index (χ0n) is 11.4. The van der Waals surface area contributed by atoms with Crippen LogP contribution in [0.2, 0.25) is 0 Å². The van der Waals surface area contributed by atoms with E-state index < -0.39 is 0 Å². The van der Waals surface area contributed by atoms with Crippen molar-refractivity contribution in [2.24, 2.45) is 0 Å². The molecule has 3 nitrogen and oxygen atoms in total. The molecule has 0 aliphatic heterocycles. The van der Waals surface area contributed by atoms with Crippen molar-refractivity contribution in [3.63, 3.8) is 0 Å². The van der Waals surface area contributed by atoms with Crippen LogP contribution in [0.3, 0.4) is 0 Å². The highest BCUT2D eigenvalue weighted by molar-refractivity contribution is 6.17. The number of hydrogen-bond acceptors (Lipinski definition) is 3. The summed E-state index contributed by atoms with van der Waals surface area (Å²) in [6.07, 6.45) is 3.36. The second-order valence-corrected chi connectivity index (χ2v) is 5.07. The van der Waals surface area contributed by atoms with Gasteiger partial charge < -0.3 is 4.74 Å². The Morgan fingerprint density at radius 1 is 1.21 bits per heavy atom. The summed E-state index contributed by atoms with van der Waals surface area (Å²) in [6, 6.07) is 6.53. The van der Waals surface area contributed by atoms with E-state index in [1.807, 2.05) is 13.0 Å². The van der Waals surface area contributed by atoms with E-state index in [9.17, 15) is 0 Å². The highest BCUT2D eigenvalue weighted by atomic mass is 35.5. The van der Waals surface area contributed by atoms with E-state index in [0.717, 1.165) is 22.4 Å². The van der Waals surface area contributed by atoms with E-state index in [2.05, 4.69) is 35.9 Å². The molecule has 0 unspecified atom stereocenters. The molecule has 1 aromatic carbocycles. The van der Waals surface area contributed by atoms with Crippen molar-refractivity contribution in [1.29, 1.82) is 0 Å². The minimum absolute atomic E-state index is 0.348. The molecule has 2 rings (SSSR count). The maximum atomic E-state index is 5.79. The van der Waals surface area contributed by atoms with E-state index in [1.54, 1.807) is 12.4 Å². The SMILES string of the molecule is Cc1ccc(C(C)C)c(Oc2ncc(CCl)cn2)c1. The quantitative estimate of drug-likeness (QED) is 0.775. The van der Waals surface area contributed by atoms with Gasteiger partial charge in [-0.05, 0) is 30.0 Å². The molecule has 19 heavy (non-hydrogen) atoms. The van der Waals surface area contributed by atoms with Gasteiger partial charge in [0, 0.05) is 18.0 Å². The number of aryl methyl sites for hydroxylation is 1. The van der Waals surface area contributed by atoms with E-state index >= 15 is 0 Å². The van der Waals surface area contributed by atoms with Crippen molar-refractivity contribution in [1.82, 2.24) is 9.97 Å². The molecule has 100 valence electrons. The number of rotatable bonds is 4. The summed E-state index contributed by atoms with van der Waals surface area (Å²) in [4.78, 5) is 8.31. The molecule has 0 radical (unpaired) electrons. The molecule has 0 aliphatic rings. The van der Waals surface area contributed by atoms with Gasteiger partial charge in [0.05, 0.1) is 5.88 Å². The van der Waals surface area contributed by atoms with Crippen molar-refractivity contribution in [3.8, 4) is 11.8 Å². The Bertz CT molecular complexity index is 553. The fourth-order valence-corrected chi connectivity index (χ4v) is 1.91. The zero-order chi connectivity index (χ0) is 13.8. The second kappa shape index (κ2) is 6.02. The maximum Gasteiger partial charge on any atom is 0.321 e. The van der Waals surface area contributed by atoms with Crippen LogP contribution < -0.4 is 4.74 Å². The van der Waals surface area contributed by atoms with E-state index in [0.29, 0.717) is 17.8 Å². The van der Waals surface area contributed by atoms with Crippen molar-refractivity contribution >= 4 is 11.6 Å². The minimum Gasteiger partial charge on any atom is -0.424 e. The molecule has 0 amide bonds. The van der Waals surface area contributed by atoms with E-state index in [4.69, 9.17) is 16.3 Å². The molecule has 0 atom stereocenters. The van der Waals surface area contributed by atoms with Crippen LogP contribution in [0.4, 0.5) is 0 Å². The molecule has 2 aromatic rings. The van der Waals surface area contributed by atoms with Crippen molar-refractivity contribution in [3.05, 3.63) is 47.3 Å². The molecule has 0 N–H and O–H groups in total. The summed E-state index contributed by atoms with van der Waals surface area (Å²) in [5, 5.41) is 0. The first kappa shape index (κ1) is 13.8.